The van der Waals surface area contributed by atoms with E-state index in [-0.39, 0.29) is 30.9 Å². The highest BCUT2D eigenvalue weighted by Gasteiger charge is 2.30. The Labute approximate surface area is 174 Å². The van der Waals surface area contributed by atoms with Crippen LogP contribution in [0, 0.1) is 5.92 Å². The maximum Gasteiger partial charge on any atom is 0.0702 e. The Kier molecular flexibility index (Phi) is 8.77. The van der Waals surface area contributed by atoms with Gasteiger partial charge in [0, 0.05) is 50.2 Å². The first-order chi connectivity index (χ1) is 12.3. The number of aliphatic hydroxyl groups is 1. The summed E-state index contributed by atoms with van der Waals surface area (Å²) in [6, 6.07) is 10.7. The van der Waals surface area contributed by atoms with E-state index in [1.54, 1.807) is 0 Å². The molecule has 1 aromatic carbocycles. The van der Waals surface area contributed by atoms with Crippen LogP contribution in [0.15, 0.2) is 36.5 Å². The highest BCUT2D eigenvalue weighted by Crippen LogP contribution is 2.37. The summed E-state index contributed by atoms with van der Waals surface area (Å²) in [6.45, 7) is 5.48. The molecule has 27 heavy (non-hydrogen) atoms. The predicted octanol–water partition coefficient (Wildman–Crippen LogP) is 3.62. The van der Waals surface area contributed by atoms with Gasteiger partial charge in [0.25, 0.3) is 0 Å². The third kappa shape index (κ3) is 5.55. The number of fused-ring (bicyclic) bond motifs is 1. The summed E-state index contributed by atoms with van der Waals surface area (Å²) >= 11 is 0. The lowest BCUT2D eigenvalue weighted by Crippen LogP contribution is -2.46. The van der Waals surface area contributed by atoms with Crippen molar-refractivity contribution in [2.24, 2.45) is 5.92 Å². The molecule has 2 heterocycles. The van der Waals surface area contributed by atoms with E-state index in [9.17, 15) is 5.11 Å². The molecular weight excluding hydrogens is 381 g/mol. The van der Waals surface area contributed by atoms with Gasteiger partial charge in [0.1, 0.15) is 0 Å². The molecule has 150 valence electrons. The number of hydrogen-bond acceptors (Lipinski definition) is 4. The number of para-hydroxylation sites is 1. The fraction of sp³-hybridized carbons (Fsp3) is 0.571. The molecule has 3 unspecified atom stereocenters. The van der Waals surface area contributed by atoms with Crippen molar-refractivity contribution < 1.29 is 5.11 Å². The van der Waals surface area contributed by atoms with E-state index in [0.717, 1.165) is 57.5 Å². The third-order valence-electron chi connectivity index (χ3n) is 5.96. The van der Waals surface area contributed by atoms with Crippen LogP contribution in [0.25, 0.3) is 10.9 Å². The van der Waals surface area contributed by atoms with Crippen LogP contribution >= 0.6 is 24.8 Å². The van der Waals surface area contributed by atoms with E-state index >= 15 is 0 Å². The minimum Gasteiger partial charge on any atom is -0.393 e. The molecule has 2 aromatic rings. The maximum absolute atomic E-state index is 10.2. The average Bonchev–Trinajstić information content (AvgIpc) is 2.66. The van der Waals surface area contributed by atoms with Crippen LogP contribution in [0.3, 0.4) is 0 Å². The van der Waals surface area contributed by atoms with Crippen molar-refractivity contribution >= 4 is 35.7 Å². The summed E-state index contributed by atoms with van der Waals surface area (Å²) in [5, 5.41) is 14.9. The molecule has 2 fully saturated rings. The number of hydrogen-bond donors (Lipinski definition) is 2. The third-order valence-corrected chi connectivity index (χ3v) is 5.96. The van der Waals surface area contributed by atoms with Gasteiger partial charge in [-0.1, -0.05) is 24.6 Å². The lowest BCUT2D eigenvalue weighted by molar-refractivity contribution is 0.0829. The fourth-order valence-corrected chi connectivity index (χ4v) is 4.56. The van der Waals surface area contributed by atoms with E-state index in [0.29, 0.717) is 11.8 Å². The first kappa shape index (κ1) is 22.4. The van der Waals surface area contributed by atoms with Gasteiger partial charge in [-0.3, -0.25) is 4.98 Å². The molecule has 1 aliphatic carbocycles. The molecule has 1 aromatic heterocycles. The zero-order chi connectivity index (χ0) is 17.1. The first-order valence-electron chi connectivity index (χ1n) is 9.75. The van der Waals surface area contributed by atoms with E-state index in [4.69, 9.17) is 4.98 Å². The van der Waals surface area contributed by atoms with Crippen LogP contribution in [0.5, 0.6) is 0 Å². The number of nitrogens with one attached hydrogen (secondary N) is 1. The molecule has 2 aliphatic rings. The summed E-state index contributed by atoms with van der Waals surface area (Å²) in [6.07, 6.45) is 6.22. The molecule has 0 bridgehead atoms. The van der Waals surface area contributed by atoms with Crippen molar-refractivity contribution in [3.8, 4) is 0 Å². The Hall–Kier alpha value is -0.910. The SMILES string of the molecule is Cl.Cl.OC1CCCC(C(CN2CCNCC2)c2cnc3ccccc3c2)C1. The molecule has 0 spiro atoms. The standard InChI is InChI=1S/C21H29N3O.2ClH/c25-19-6-3-5-16(13-19)20(15-24-10-8-22-9-11-24)18-12-17-4-1-2-7-21(17)23-14-18;;/h1-2,4,7,12,14,16,19-20,22,25H,3,5-6,8-11,13,15H2;2*1H. The van der Waals surface area contributed by atoms with Crippen molar-refractivity contribution in [3.05, 3.63) is 42.1 Å². The predicted molar refractivity (Wildman–Crippen MR) is 116 cm³/mol. The van der Waals surface area contributed by atoms with Crippen molar-refractivity contribution in [1.82, 2.24) is 15.2 Å². The van der Waals surface area contributed by atoms with E-state index in [1.807, 2.05) is 6.07 Å². The molecule has 0 radical (unpaired) electrons. The quantitative estimate of drug-likeness (QED) is 0.806. The van der Waals surface area contributed by atoms with Gasteiger partial charge in [-0.05, 0) is 42.9 Å². The maximum atomic E-state index is 10.2. The number of aliphatic hydroxyl groups excluding tert-OH is 1. The number of piperazine rings is 1. The lowest BCUT2D eigenvalue weighted by Gasteiger charge is -2.37. The Morgan fingerprint density at radius 3 is 2.70 bits per heavy atom. The number of nitrogens with zero attached hydrogens (tertiary/aromatic N) is 2. The normalized spacial score (nSPS) is 24.6. The molecule has 4 rings (SSSR count). The molecule has 4 nitrogen and oxygen atoms in total. The largest absolute Gasteiger partial charge is 0.393 e. The molecule has 1 saturated carbocycles. The summed E-state index contributed by atoms with van der Waals surface area (Å²) in [5.41, 5.74) is 2.41. The van der Waals surface area contributed by atoms with Gasteiger partial charge in [0.05, 0.1) is 11.6 Å². The van der Waals surface area contributed by atoms with Crippen LogP contribution < -0.4 is 5.32 Å². The second kappa shape index (κ2) is 10.6. The van der Waals surface area contributed by atoms with Crippen molar-refractivity contribution in [1.29, 1.82) is 0 Å². The van der Waals surface area contributed by atoms with E-state index < -0.39 is 0 Å². The molecule has 0 amide bonds. The minimum absolute atomic E-state index is 0. The second-order valence-corrected chi connectivity index (χ2v) is 7.70. The van der Waals surface area contributed by atoms with Crippen LogP contribution in [0.2, 0.25) is 0 Å². The number of benzene rings is 1. The lowest BCUT2D eigenvalue weighted by atomic mass is 9.75. The van der Waals surface area contributed by atoms with Gasteiger partial charge in [0.2, 0.25) is 0 Å². The molecule has 1 aliphatic heterocycles. The average molecular weight is 412 g/mol. The van der Waals surface area contributed by atoms with Crippen molar-refractivity contribution in [2.75, 3.05) is 32.7 Å². The minimum atomic E-state index is -0.127. The number of pyridine rings is 1. The van der Waals surface area contributed by atoms with E-state index in [1.165, 1.54) is 17.4 Å². The second-order valence-electron chi connectivity index (χ2n) is 7.70. The summed E-state index contributed by atoms with van der Waals surface area (Å²) in [5.74, 6) is 1.02. The molecule has 6 heteroatoms. The van der Waals surface area contributed by atoms with Crippen LogP contribution in [-0.4, -0.2) is 53.8 Å². The molecular formula is C21H31Cl2N3O. The number of halogens is 2. The summed E-state index contributed by atoms with van der Waals surface area (Å²) in [4.78, 5) is 7.30. The van der Waals surface area contributed by atoms with Gasteiger partial charge in [0.15, 0.2) is 0 Å². The van der Waals surface area contributed by atoms with Crippen LogP contribution in [0.1, 0.15) is 37.2 Å². The fourth-order valence-electron chi connectivity index (χ4n) is 4.56. The van der Waals surface area contributed by atoms with Crippen molar-refractivity contribution in [3.63, 3.8) is 0 Å². The number of rotatable bonds is 4. The monoisotopic (exact) mass is 411 g/mol. The van der Waals surface area contributed by atoms with Crippen LogP contribution in [0.4, 0.5) is 0 Å². The Balaban J connectivity index is 0.00000131. The zero-order valence-electron chi connectivity index (χ0n) is 15.7. The summed E-state index contributed by atoms with van der Waals surface area (Å²) < 4.78 is 0. The van der Waals surface area contributed by atoms with Gasteiger partial charge in [-0.2, -0.15) is 0 Å². The number of aromatic nitrogens is 1. The Morgan fingerprint density at radius 2 is 1.93 bits per heavy atom. The highest BCUT2D eigenvalue weighted by molar-refractivity contribution is 5.85. The van der Waals surface area contributed by atoms with Gasteiger partial charge >= 0.3 is 0 Å². The van der Waals surface area contributed by atoms with Crippen LogP contribution in [-0.2, 0) is 0 Å². The van der Waals surface area contributed by atoms with Crippen molar-refractivity contribution in [2.45, 2.75) is 37.7 Å². The molecule has 1 saturated heterocycles. The summed E-state index contributed by atoms with van der Waals surface area (Å²) in [7, 11) is 0. The van der Waals surface area contributed by atoms with Gasteiger partial charge in [-0.15, -0.1) is 24.8 Å². The van der Waals surface area contributed by atoms with E-state index in [2.05, 4.69) is 40.7 Å². The topological polar surface area (TPSA) is 48.4 Å². The zero-order valence-corrected chi connectivity index (χ0v) is 17.4. The molecule has 2 N–H and O–H groups in total. The van der Waals surface area contributed by atoms with Gasteiger partial charge in [-0.25, -0.2) is 0 Å². The Bertz CT molecular complexity index is 709. The molecule has 3 atom stereocenters. The smallest absolute Gasteiger partial charge is 0.0702 e. The first-order valence-corrected chi connectivity index (χ1v) is 9.75. The highest BCUT2D eigenvalue weighted by atomic mass is 35.5. The van der Waals surface area contributed by atoms with Gasteiger partial charge < -0.3 is 15.3 Å². The Morgan fingerprint density at radius 1 is 1.15 bits per heavy atom.